The van der Waals surface area contributed by atoms with Gasteiger partial charge in [-0.3, -0.25) is 4.79 Å². The molecule has 16 heavy (non-hydrogen) atoms. The van der Waals surface area contributed by atoms with E-state index in [2.05, 4.69) is 25.2 Å². The number of Topliss-reactive ketones (excluding diaryl/α,β-unsaturated/α-hetero) is 1. The predicted octanol–water partition coefficient (Wildman–Crippen LogP) is 2.98. The van der Waals surface area contributed by atoms with E-state index < -0.39 is 0 Å². The van der Waals surface area contributed by atoms with E-state index in [1.807, 2.05) is 0 Å². The van der Waals surface area contributed by atoms with Gasteiger partial charge in [0.05, 0.1) is 0 Å². The molecule has 4 aliphatic rings. The number of allylic oxidation sites excluding steroid dienone is 4. The van der Waals surface area contributed by atoms with Gasteiger partial charge in [0.15, 0.2) is 5.78 Å². The average Bonchev–Trinajstić information content (AvgIpc) is 2.77. The molecule has 0 aliphatic heterocycles. The third kappa shape index (κ3) is 1.04. The Morgan fingerprint density at radius 1 is 1.25 bits per heavy atom. The van der Waals surface area contributed by atoms with Gasteiger partial charge in [-0.05, 0) is 54.4 Å². The third-order valence-electron chi connectivity index (χ3n) is 5.21. The van der Waals surface area contributed by atoms with Gasteiger partial charge in [0.2, 0.25) is 0 Å². The Hall–Kier alpha value is -0.850. The summed E-state index contributed by atoms with van der Waals surface area (Å²) in [6, 6.07) is 0. The molecule has 0 saturated heterocycles. The van der Waals surface area contributed by atoms with Crippen LogP contribution in [0.3, 0.4) is 0 Å². The summed E-state index contributed by atoms with van der Waals surface area (Å²) in [6.07, 6.45) is 10.9. The highest BCUT2D eigenvalue weighted by atomic mass is 16.1. The molecule has 4 aliphatic carbocycles. The second-order valence-corrected chi connectivity index (χ2v) is 6.16. The van der Waals surface area contributed by atoms with Crippen LogP contribution in [0, 0.1) is 35.5 Å². The van der Waals surface area contributed by atoms with Crippen LogP contribution in [0.15, 0.2) is 23.8 Å². The van der Waals surface area contributed by atoms with Crippen LogP contribution in [-0.2, 0) is 4.79 Å². The van der Waals surface area contributed by atoms with E-state index in [4.69, 9.17) is 0 Å². The summed E-state index contributed by atoms with van der Waals surface area (Å²) in [5.74, 6) is 4.06. The van der Waals surface area contributed by atoms with E-state index in [1.54, 1.807) is 0 Å². The second-order valence-electron chi connectivity index (χ2n) is 6.16. The molecule has 0 aromatic heterocycles. The standard InChI is InChI=1S/C15H18O/c1-8-12(6-9-2-3-9)15(16)14-11-5-4-10(7-11)13(8)14/h4-6,8-11,13-14H,2-3,7H2,1H3/b12-6-/t8-,10-,11+,13-,14+/m0/s1. The molecular formula is C15H18O. The van der Waals surface area contributed by atoms with Gasteiger partial charge < -0.3 is 0 Å². The fraction of sp³-hybridized carbons (Fsp3) is 0.667. The van der Waals surface area contributed by atoms with Crippen molar-refractivity contribution in [2.75, 3.05) is 0 Å². The largest absolute Gasteiger partial charge is 0.294 e. The average molecular weight is 214 g/mol. The lowest BCUT2D eigenvalue weighted by atomic mass is 9.81. The van der Waals surface area contributed by atoms with Gasteiger partial charge in [-0.2, -0.15) is 0 Å². The molecule has 5 atom stereocenters. The zero-order valence-corrected chi connectivity index (χ0v) is 9.73. The van der Waals surface area contributed by atoms with Crippen LogP contribution in [0.1, 0.15) is 26.2 Å². The van der Waals surface area contributed by atoms with E-state index in [0.29, 0.717) is 35.4 Å². The summed E-state index contributed by atoms with van der Waals surface area (Å²) in [4.78, 5) is 12.4. The Balaban J connectivity index is 1.73. The Morgan fingerprint density at radius 2 is 2.00 bits per heavy atom. The van der Waals surface area contributed by atoms with Gasteiger partial charge in [-0.25, -0.2) is 0 Å². The maximum absolute atomic E-state index is 12.4. The topological polar surface area (TPSA) is 17.1 Å². The molecule has 2 bridgehead atoms. The predicted molar refractivity (Wildman–Crippen MR) is 62.7 cm³/mol. The summed E-state index contributed by atoms with van der Waals surface area (Å²) >= 11 is 0. The van der Waals surface area contributed by atoms with E-state index >= 15 is 0 Å². The number of ketones is 1. The minimum Gasteiger partial charge on any atom is -0.294 e. The third-order valence-corrected chi connectivity index (χ3v) is 5.21. The van der Waals surface area contributed by atoms with Gasteiger partial charge in [0.25, 0.3) is 0 Å². The van der Waals surface area contributed by atoms with Gasteiger partial charge in [-0.1, -0.05) is 25.2 Å². The van der Waals surface area contributed by atoms with Gasteiger partial charge in [-0.15, -0.1) is 0 Å². The van der Waals surface area contributed by atoms with Crippen LogP contribution in [-0.4, -0.2) is 5.78 Å². The molecule has 84 valence electrons. The minimum absolute atomic E-state index is 0.356. The molecule has 0 unspecified atom stereocenters. The number of carbonyl (C=O) groups is 1. The van der Waals surface area contributed by atoms with Crippen molar-refractivity contribution in [3.05, 3.63) is 23.8 Å². The Bertz CT molecular complexity index is 413. The van der Waals surface area contributed by atoms with Crippen LogP contribution in [0.4, 0.5) is 0 Å². The first-order chi connectivity index (χ1) is 7.75. The highest BCUT2D eigenvalue weighted by molar-refractivity contribution is 6.01. The van der Waals surface area contributed by atoms with Crippen molar-refractivity contribution < 1.29 is 4.79 Å². The molecular weight excluding hydrogens is 196 g/mol. The van der Waals surface area contributed by atoms with Crippen LogP contribution in [0.2, 0.25) is 0 Å². The summed E-state index contributed by atoms with van der Waals surface area (Å²) in [7, 11) is 0. The summed E-state index contributed by atoms with van der Waals surface area (Å²) in [5.41, 5.74) is 1.19. The molecule has 0 aromatic carbocycles. The van der Waals surface area contributed by atoms with Crippen molar-refractivity contribution in [1.82, 2.24) is 0 Å². The molecule has 1 heteroatoms. The number of rotatable bonds is 1. The molecule has 0 heterocycles. The molecule has 0 aromatic rings. The minimum atomic E-state index is 0.356. The highest BCUT2D eigenvalue weighted by Crippen LogP contribution is 2.58. The first-order valence-corrected chi connectivity index (χ1v) is 6.70. The zero-order chi connectivity index (χ0) is 10.9. The Morgan fingerprint density at radius 3 is 2.69 bits per heavy atom. The van der Waals surface area contributed by atoms with Crippen LogP contribution >= 0.6 is 0 Å². The summed E-state index contributed by atoms with van der Waals surface area (Å²) in [6.45, 7) is 2.28. The van der Waals surface area contributed by atoms with Crippen molar-refractivity contribution in [3.63, 3.8) is 0 Å². The SMILES string of the molecule is C[C@H]1/C(=C/C2CC2)C(=O)[C@H]2[C@@H]1[C@H]1C=C[C@@H]2C1. The van der Waals surface area contributed by atoms with Crippen molar-refractivity contribution in [2.45, 2.75) is 26.2 Å². The zero-order valence-electron chi connectivity index (χ0n) is 9.73. The van der Waals surface area contributed by atoms with Gasteiger partial charge in [0, 0.05) is 5.92 Å². The quantitative estimate of drug-likeness (QED) is 0.484. The number of carbonyl (C=O) groups excluding carboxylic acids is 1. The fourth-order valence-corrected chi connectivity index (χ4v) is 4.29. The maximum Gasteiger partial charge on any atom is 0.162 e. The van der Waals surface area contributed by atoms with Gasteiger partial charge >= 0.3 is 0 Å². The molecule has 1 nitrogen and oxygen atoms in total. The first-order valence-electron chi connectivity index (χ1n) is 6.70. The normalized spacial score (nSPS) is 51.7. The van der Waals surface area contributed by atoms with Crippen LogP contribution in [0.25, 0.3) is 0 Å². The molecule has 0 N–H and O–H groups in total. The van der Waals surface area contributed by atoms with E-state index in [-0.39, 0.29) is 0 Å². The number of hydrogen-bond donors (Lipinski definition) is 0. The van der Waals surface area contributed by atoms with Crippen LogP contribution < -0.4 is 0 Å². The van der Waals surface area contributed by atoms with E-state index in [0.717, 1.165) is 5.92 Å². The Labute approximate surface area is 96.6 Å². The Kier molecular flexibility index (Phi) is 1.66. The number of fused-ring (bicyclic) bond motifs is 5. The molecule has 4 rings (SSSR count). The van der Waals surface area contributed by atoms with E-state index in [9.17, 15) is 4.79 Å². The molecule has 0 spiro atoms. The summed E-state index contributed by atoms with van der Waals surface area (Å²) in [5, 5.41) is 0. The highest BCUT2D eigenvalue weighted by Gasteiger charge is 2.56. The van der Waals surface area contributed by atoms with Crippen molar-refractivity contribution in [3.8, 4) is 0 Å². The fourth-order valence-electron chi connectivity index (χ4n) is 4.29. The van der Waals surface area contributed by atoms with Crippen molar-refractivity contribution in [2.24, 2.45) is 35.5 Å². The van der Waals surface area contributed by atoms with Gasteiger partial charge in [0.1, 0.15) is 0 Å². The lowest BCUT2D eigenvalue weighted by molar-refractivity contribution is -0.119. The summed E-state index contributed by atoms with van der Waals surface area (Å²) < 4.78 is 0. The lowest BCUT2D eigenvalue weighted by Gasteiger charge is -2.21. The van der Waals surface area contributed by atoms with Crippen LogP contribution in [0.5, 0.6) is 0 Å². The lowest BCUT2D eigenvalue weighted by Crippen LogP contribution is -2.20. The molecule has 3 saturated carbocycles. The van der Waals surface area contributed by atoms with Crippen molar-refractivity contribution >= 4 is 5.78 Å². The monoisotopic (exact) mass is 214 g/mol. The maximum atomic E-state index is 12.4. The molecule has 3 fully saturated rings. The smallest absolute Gasteiger partial charge is 0.162 e. The van der Waals surface area contributed by atoms with Crippen molar-refractivity contribution in [1.29, 1.82) is 0 Å². The second kappa shape index (κ2) is 2.88. The number of hydrogen-bond acceptors (Lipinski definition) is 1. The molecule has 0 radical (unpaired) electrons. The molecule has 0 amide bonds. The van der Waals surface area contributed by atoms with E-state index in [1.165, 1.54) is 24.8 Å². The first kappa shape index (κ1) is 9.21.